The lowest BCUT2D eigenvalue weighted by molar-refractivity contribution is -0.153. The minimum absolute atomic E-state index is 0.00476. The van der Waals surface area contributed by atoms with Crippen molar-refractivity contribution in [2.45, 2.75) is 30.3 Å². The Kier molecular flexibility index (Phi) is 3.84. The van der Waals surface area contributed by atoms with E-state index >= 15 is 0 Å². The molecule has 0 aliphatic carbocycles. The van der Waals surface area contributed by atoms with Gasteiger partial charge in [0.15, 0.2) is 0 Å². The maximum atomic E-state index is 11.0. The van der Waals surface area contributed by atoms with E-state index in [0.29, 0.717) is 13.0 Å². The molecule has 0 unspecified atom stereocenters. The van der Waals surface area contributed by atoms with Crippen LogP contribution in [-0.2, 0) is 25.4 Å². The standard InChI is InChI=1S/C15H19NO5/c1-18-15(9-20-14(16)17,7-10-5-3-2-4-6-10)13-12-11(21-12)8-19-13/h2-6,11-13H,7-9H2,1H3,(H2,16,17)/t11-,12+,13-,15+/m1/s1. The van der Waals surface area contributed by atoms with Crippen LogP contribution < -0.4 is 5.73 Å². The Hall–Kier alpha value is -1.63. The van der Waals surface area contributed by atoms with Crippen molar-refractivity contribution in [2.75, 3.05) is 20.3 Å². The molecule has 2 N–H and O–H groups in total. The Labute approximate surface area is 123 Å². The van der Waals surface area contributed by atoms with E-state index in [0.717, 1.165) is 5.56 Å². The number of benzene rings is 1. The maximum absolute atomic E-state index is 11.0. The summed E-state index contributed by atoms with van der Waals surface area (Å²) in [5.41, 5.74) is 5.37. The van der Waals surface area contributed by atoms with Crippen LogP contribution in [0.3, 0.4) is 0 Å². The Morgan fingerprint density at radius 1 is 1.43 bits per heavy atom. The summed E-state index contributed by atoms with van der Waals surface area (Å²) >= 11 is 0. The van der Waals surface area contributed by atoms with E-state index < -0.39 is 11.7 Å². The molecule has 2 aliphatic rings. The SMILES string of the molecule is CO[C@](COC(N)=O)(Cc1ccccc1)[C@@H]1OC[C@H]2O[C@H]12. The molecular weight excluding hydrogens is 274 g/mol. The minimum atomic E-state index is -0.823. The van der Waals surface area contributed by atoms with Crippen molar-refractivity contribution in [3.05, 3.63) is 35.9 Å². The number of ether oxygens (including phenoxy) is 4. The largest absolute Gasteiger partial charge is 0.447 e. The molecule has 0 aromatic heterocycles. The summed E-state index contributed by atoms with van der Waals surface area (Å²) < 4.78 is 22.1. The number of rotatable bonds is 6. The quantitative estimate of drug-likeness (QED) is 0.787. The highest BCUT2D eigenvalue weighted by atomic mass is 16.7. The van der Waals surface area contributed by atoms with Crippen molar-refractivity contribution in [1.29, 1.82) is 0 Å². The smallest absolute Gasteiger partial charge is 0.404 e. The van der Waals surface area contributed by atoms with Gasteiger partial charge in [-0.2, -0.15) is 0 Å². The fourth-order valence-corrected chi connectivity index (χ4v) is 2.92. The van der Waals surface area contributed by atoms with Crippen LogP contribution in [0.2, 0.25) is 0 Å². The van der Waals surface area contributed by atoms with Crippen LogP contribution in [0, 0.1) is 0 Å². The van der Waals surface area contributed by atoms with Crippen LogP contribution in [0.5, 0.6) is 0 Å². The summed E-state index contributed by atoms with van der Waals surface area (Å²) in [7, 11) is 1.59. The topological polar surface area (TPSA) is 83.3 Å². The third kappa shape index (κ3) is 2.88. The van der Waals surface area contributed by atoms with Crippen molar-refractivity contribution in [2.24, 2.45) is 5.73 Å². The van der Waals surface area contributed by atoms with Gasteiger partial charge in [0.05, 0.1) is 6.61 Å². The monoisotopic (exact) mass is 293 g/mol. The van der Waals surface area contributed by atoms with E-state index in [1.807, 2.05) is 30.3 Å². The third-order valence-electron chi connectivity index (χ3n) is 4.09. The summed E-state index contributed by atoms with van der Waals surface area (Å²) in [6.45, 7) is 0.580. The number of carbonyl (C=O) groups excluding carboxylic acids is 1. The zero-order valence-corrected chi connectivity index (χ0v) is 11.9. The molecule has 4 atom stereocenters. The second kappa shape index (κ2) is 5.63. The zero-order valence-electron chi connectivity index (χ0n) is 11.9. The van der Waals surface area contributed by atoms with Crippen molar-refractivity contribution in [1.82, 2.24) is 0 Å². The number of hydrogen-bond donors (Lipinski definition) is 1. The number of amides is 1. The second-order valence-electron chi connectivity index (χ2n) is 5.43. The highest BCUT2D eigenvalue weighted by Gasteiger charge is 2.60. The van der Waals surface area contributed by atoms with Gasteiger partial charge in [-0.15, -0.1) is 0 Å². The fraction of sp³-hybridized carbons (Fsp3) is 0.533. The fourth-order valence-electron chi connectivity index (χ4n) is 2.92. The number of nitrogens with two attached hydrogens (primary N) is 1. The molecule has 2 saturated heterocycles. The lowest BCUT2D eigenvalue weighted by atomic mass is 9.87. The van der Waals surface area contributed by atoms with Gasteiger partial charge in [0.25, 0.3) is 0 Å². The number of primary amides is 1. The third-order valence-corrected chi connectivity index (χ3v) is 4.09. The number of methoxy groups -OCH3 is 1. The molecule has 2 heterocycles. The molecule has 0 spiro atoms. The molecular formula is C15H19NO5. The number of epoxide rings is 1. The van der Waals surface area contributed by atoms with E-state index in [1.54, 1.807) is 7.11 Å². The van der Waals surface area contributed by atoms with Crippen LogP contribution in [0.4, 0.5) is 4.79 Å². The molecule has 21 heavy (non-hydrogen) atoms. The molecule has 114 valence electrons. The molecule has 1 aromatic rings. The van der Waals surface area contributed by atoms with E-state index in [2.05, 4.69) is 0 Å². The Morgan fingerprint density at radius 3 is 2.71 bits per heavy atom. The van der Waals surface area contributed by atoms with E-state index in [1.165, 1.54) is 0 Å². The first-order chi connectivity index (χ1) is 10.1. The number of fused-ring (bicyclic) bond motifs is 1. The summed E-state index contributed by atoms with van der Waals surface area (Å²) in [6.07, 6.45) is -0.406. The zero-order chi connectivity index (χ0) is 14.9. The summed E-state index contributed by atoms with van der Waals surface area (Å²) in [6, 6.07) is 9.85. The van der Waals surface area contributed by atoms with Crippen LogP contribution in [0.15, 0.2) is 30.3 Å². The lowest BCUT2D eigenvalue weighted by Crippen LogP contribution is -2.53. The average Bonchev–Trinajstić information content (AvgIpc) is 3.15. The van der Waals surface area contributed by atoms with Crippen LogP contribution in [0.1, 0.15) is 5.56 Å². The van der Waals surface area contributed by atoms with Crippen molar-refractivity contribution in [3.63, 3.8) is 0 Å². The summed E-state index contributed by atoms with van der Waals surface area (Å²) in [4.78, 5) is 11.0. The van der Waals surface area contributed by atoms with Gasteiger partial charge in [-0.3, -0.25) is 0 Å². The van der Waals surface area contributed by atoms with E-state index in [-0.39, 0.29) is 24.9 Å². The van der Waals surface area contributed by atoms with Crippen molar-refractivity contribution < 1.29 is 23.7 Å². The maximum Gasteiger partial charge on any atom is 0.404 e. The van der Waals surface area contributed by atoms with Gasteiger partial charge in [0.2, 0.25) is 0 Å². The first-order valence-corrected chi connectivity index (χ1v) is 6.93. The Morgan fingerprint density at radius 2 is 2.19 bits per heavy atom. The van der Waals surface area contributed by atoms with Crippen LogP contribution in [0.25, 0.3) is 0 Å². The number of hydrogen-bond acceptors (Lipinski definition) is 5. The van der Waals surface area contributed by atoms with Gasteiger partial charge in [-0.25, -0.2) is 4.79 Å². The normalized spacial score (nSPS) is 29.5. The predicted octanol–water partition coefficient (Wildman–Crippen LogP) is 0.876. The minimum Gasteiger partial charge on any atom is -0.447 e. The van der Waals surface area contributed by atoms with Gasteiger partial charge in [-0.05, 0) is 5.56 Å². The molecule has 2 fully saturated rings. The van der Waals surface area contributed by atoms with Crippen LogP contribution in [-0.4, -0.2) is 50.3 Å². The van der Waals surface area contributed by atoms with Gasteiger partial charge < -0.3 is 24.7 Å². The average molecular weight is 293 g/mol. The summed E-state index contributed by atoms with van der Waals surface area (Å²) in [5.74, 6) is 0. The highest BCUT2D eigenvalue weighted by molar-refractivity contribution is 5.64. The molecule has 0 radical (unpaired) electrons. The Bertz CT molecular complexity index is 508. The molecule has 3 rings (SSSR count). The first kappa shape index (κ1) is 14.3. The second-order valence-corrected chi connectivity index (χ2v) is 5.43. The molecule has 1 aromatic carbocycles. The van der Waals surface area contributed by atoms with Gasteiger partial charge >= 0.3 is 6.09 Å². The predicted molar refractivity (Wildman–Crippen MR) is 73.8 cm³/mol. The van der Waals surface area contributed by atoms with Gasteiger partial charge in [0.1, 0.15) is 30.5 Å². The molecule has 6 heteroatoms. The molecule has 0 bridgehead atoms. The first-order valence-electron chi connectivity index (χ1n) is 6.93. The molecule has 1 amide bonds. The van der Waals surface area contributed by atoms with E-state index in [9.17, 15) is 4.79 Å². The van der Waals surface area contributed by atoms with Gasteiger partial charge in [-0.1, -0.05) is 30.3 Å². The van der Waals surface area contributed by atoms with Crippen molar-refractivity contribution >= 4 is 6.09 Å². The molecule has 0 saturated carbocycles. The lowest BCUT2D eigenvalue weighted by Gasteiger charge is -2.36. The van der Waals surface area contributed by atoms with Gasteiger partial charge in [0, 0.05) is 13.5 Å². The number of carbonyl (C=O) groups is 1. The Balaban J connectivity index is 1.82. The summed E-state index contributed by atoms with van der Waals surface area (Å²) in [5, 5.41) is 0. The van der Waals surface area contributed by atoms with Crippen molar-refractivity contribution in [3.8, 4) is 0 Å². The molecule has 2 aliphatic heterocycles. The molecule has 6 nitrogen and oxygen atoms in total. The van der Waals surface area contributed by atoms with Crippen LogP contribution >= 0.6 is 0 Å². The van der Waals surface area contributed by atoms with E-state index in [4.69, 9.17) is 24.7 Å². The highest BCUT2D eigenvalue weighted by Crippen LogP contribution is 2.42.